The molecule has 18 heavy (non-hydrogen) atoms. The fourth-order valence-electron chi connectivity index (χ4n) is 1.22. The first kappa shape index (κ1) is 16.1. The Hall–Kier alpha value is -1.93. The average Bonchev–Trinajstić information content (AvgIpc) is 2.24. The molecule has 1 atom stereocenters. The maximum absolute atomic E-state index is 11.3. The molecule has 104 valence electrons. The predicted octanol–water partition coefficient (Wildman–Crippen LogP) is 1.17. The van der Waals surface area contributed by atoms with E-state index in [9.17, 15) is 25.0 Å². The van der Waals surface area contributed by atoms with Gasteiger partial charge in [0.15, 0.2) is 0 Å². The van der Waals surface area contributed by atoms with E-state index in [4.69, 9.17) is 0 Å². The fraction of sp³-hybridized carbons (Fsp3) is 0.889. The van der Waals surface area contributed by atoms with Gasteiger partial charge in [-0.25, -0.2) is 0 Å². The van der Waals surface area contributed by atoms with Gasteiger partial charge in [0.1, 0.15) is 18.5 Å². The summed E-state index contributed by atoms with van der Waals surface area (Å²) in [6.45, 7) is 2.98. The van der Waals surface area contributed by atoms with Gasteiger partial charge >= 0.3 is 0 Å². The maximum Gasteiger partial charge on any atom is 0.294 e. The van der Waals surface area contributed by atoms with Crippen LogP contribution < -0.4 is 0 Å². The smallest absolute Gasteiger partial charge is 0.294 e. The van der Waals surface area contributed by atoms with Crippen molar-refractivity contribution in [3.8, 4) is 0 Å². The van der Waals surface area contributed by atoms with Crippen molar-refractivity contribution in [1.82, 2.24) is 0 Å². The lowest BCUT2D eigenvalue weighted by Gasteiger charge is -2.13. The standard InChI is InChI=1S/C9H16N2O7/c1-7(2)9(12)5-3-4-8(18-11(15)16)6-17-10(13)14/h7-8H,3-6H2,1-2H3/t8-/m1/s1. The molecule has 0 radical (unpaired) electrons. The highest BCUT2D eigenvalue weighted by atomic mass is 17.0. The molecule has 0 aromatic rings. The van der Waals surface area contributed by atoms with Crippen LogP contribution in [0.15, 0.2) is 0 Å². The highest BCUT2D eigenvalue weighted by Crippen LogP contribution is 2.09. The molecule has 0 heterocycles. The summed E-state index contributed by atoms with van der Waals surface area (Å²) in [5.74, 6) is -0.0695. The topological polar surface area (TPSA) is 122 Å². The van der Waals surface area contributed by atoms with E-state index in [2.05, 4.69) is 9.68 Å². The minimum atomic E-state index is -1.05. The maximum atomic E-state index is 11.3. The Kier molecular flexibility index (Phi) is 7.32. The van der Waals surface area contributed by atoms with Crippen LogP contribution in [-0.2, 0) is 14.5 Å². The van der Waals surface area contributed by atoms with Crippen LogP contribution in [0.2, 0.25) is 0 Å². The minimum Gasteiger partial charge on any atom is -0.312 e. The van der Waals surface area contributed by atoms with E-state index in [-0.39, 0.29) is 24.5 Å². The Morgan fingerprint density at radius 3 is 2.28 bits per heavy atom. The van der Waals surface area contributed by atoms with Crippen molar-refractivity contribution < 1.29 is 24.6 Å². The normalized spacial score (nSPS) is 11.9. The summed E-state index contributed by atoms with van der Waals surface area (Å²) in [5, 5.41) is 18.0. The Morgan fingerprint density at radius 1 is 1.22 bits per heavy atom. The van der Waals surface area contributed by atoms with Crippen molar-refractivity contribution in [3.05, 3.63) is 20.2 Å². The van der Waals surface area contributed by atoms with Gasteiger partial charge in [-0.3, -0.25) is 4.79 Å². The molecule has 0 saturated carbocycles. The van der Waals surface area contributed by atoms with E-state index >= 15 is 0 Å². The molecule has 0 rings (SSSR count). The zero-order chi connectivity index (χ0) is 14.1. The van der Waals surface area contributed by atoms with Crippen molar-refractivity contribution in [3.63, 3.8) is 0 Å². The molecule has 0 aliphatic rings. The number of carbonyl (C=O) groups excluding carboxylic acids is 1. The number of hydrogen-bond donors (Lipinski definition) is 0. The summed E-state index contributed by atoms with van der Waals surface area (Å²) in [6, 6.07) is 0. The van der Waals surface area contributed by atoms with Gasteiger partial charge in [-0.2, -0.15) is 0 Å². The van der Waals surface area contributed by atoms with Gasteiger partial charge in [-0.15, -0.1) is 20.2 Å². The second kappa shape index (κ2) is 8.20. The largest absolute Gasteiger partial charge is 0.312 e. The quantitative estimate of drug-likeness (QED) is 0.428. The number of rotatable bonds is 10. The highest BCUT2D eigenvalue weighted by Gasteiger charge is 2.16. The highest BCUT2D eigenvalue weighted by molar-refractivity contribution is 5.80. The van der Waals surface area contributed by atoms with Crippen LogP contribution in [-0.4, -0.2) is 28.7 Å². The van der Waals surface area contributed by atoms with Crippen molar-refractivity contribution >= 4 is 5.78 Å². The molecule has 0 aromatic heterocycles. The van der Waals surface area contributed by atoms with Gasteiger partial charge in [0.05, 0.1) is 0 Å². The van der Waals surface area contributed by atoms with Gasteiger partial charge in [-0.1, -0.05) is 13.8 Å². The Bertz CT molecular complexity index is 305. The van der Waals surface area contributed by atoms with E-state index < -0.39 is 22.9 Å². The van der Waals surface area contributed by atoms with Crippen LogP contribution in [0.25, 0.3) is 0 Å². The van der Waals surface area contributed by atoms with Crippen molar-refractivity contribution in [2.24, 2.45) is 5.92 Å². The molecule has 0 spiro atoms. The second-order valence-electron chi connectivity index (χ2n) is 3.98. The molecule has 9 heteroatoms. The molecule has 0 aliphatic heterocycles. The van der Waals surface area contributed by atoms with Crippen molar-refractivity contribution in [1.29, 1.82) is 0 Å². The van der Waals surface area contributed by atoms with Gasteiger partial charge in [0.2, 0.25) is 0 Å². The lowest BCUT2D eigenvalue weighted by Crippen LogP contribution is -2.25. The van der Waals surface area contributed by atoms with Crippen molar-refractivity contribution in [2.45, 2.75) is 39.2 Å². The van der Waals surface area contributed by atoms with Crippen LogP contribution in [0.5, 0.6) is 0 Å². The summed E-state index contributed by atoms with van der Waals surface area (Å²) >= 11 is 0. The molecule has 0 aromatic carbocycles. The molecule has 0 fully saturated rings. The molecule has 0 unspecified atom stereocenters. The third-order valence-corrected chi connectivity index (χ3v) is 2.19. The molecular formula is C9H16N2O7. The minimum absolute atomic E-state index is 0.0325. The lowest BCUT2D eigenvalue weighted by atomic mass is 10.0. The number of carbonyl (C=O) groups is 1. The Labute approximate surface area is 103 Å². The first-order valence-electron chi connectivity index (χ1n) is 5.44. The second-order valence-corrected chi connectivity index (χ2v) is 3.98. The number of nitrogens with zero attached hydrogens (tertiary/aromatic N) is 2. The SMILES string of the molecule is CC(C)C(=O)CCC[C@H](CO[N+](=O)[O-])O[N+](=O)[O-]. The predicted molar refractivity (Wildman–Crippen MR) is 58.5 cm³/mol. The van der Waals surface area contributed by atoms with Crippen LogP contribution in [0.3, 0.4) is 0 Å². The molecule has 0 N–H and O–H groups in total. The zero-order valence-corrected chi connectivity index (χ0v) is 10.2. The van der Waals surface area contributed by atoms with Gasteiger partial charge in [0, 0.05) is 12.3 Å². The molecule has 0 bridgehead atoms. The number of ketones is 1. The first-order chi connectivity index (χ1) is 8.32. The van der Waals surface area contributed by atoms with Crippen molar-refractivity contribution in [2.75, 3.05) is 6.61 Å². The molecular weight excluding hydrogens is 248 g/mol. The molecule has 9 nitrogen and oxygen atoms in total. The van der Waals surface area contributed by atoms with E-state index in [0.717, 1.165) is 0 Å². The zero-order valence-electron chi connectivity index (χ0n) is 10.2. The number of hydrogen-bond acceptors (Lipinski definition) is 7. The Balaban J connectivity index is 4.03. The van der Waals surface area contributed by atoms with Crippen LogP contribution in [0.1, 0.15) is 33.1 Å². The monoisotopic (exact) mass is 264 g/mol. The van der Waals surface area contributed by atoms with Crippen LogP contribution in [0.4, 0.5) is 0 Å². The van der Waals surface area contributed by atoms with Crippen LogP contribution >= 0.6 is 0 Å². The van der Waals surface area contributed by atoms with E-state index in [1.165, 1.54) is 0 Å². The van der Waals surface area contributed by atoms with Gasteiger partial charge < -0.3 is 9.68 Å². The Morgan fingerprint density at radius 2 is 1.83 bits per heavy atom. The summed E-state index contributed by atoms with van der Waals surface area (Å²) < 4.78 is 0. The fourth-order valence-corrected chi connectivity index (χ4v) is 1.22. The summed E-state index contributed by atoms with van der Waals surface area (Å²) in [4.78, 5) is 39.7. The molecule has 0 aliphatic carbocycles. The van der Waals surface area contributed by atoms with E-state index in [1.54, 1.807) is 13.8 Å². The van der Waals surface area contributed by atoms with Gasteiger partial charge in [0.25, 0.3) is 10.2 Å². The molecule has 0 amide bonds. The first-order valence-corrected chi connectivity index (χ1v) is 5.44. The third-order valence-electron chi connectivity index (χ3n) is 2.19. The van der Waals surface area contributed by atoms with Gasteiger partial charge in [-0.05, 0) is 12.8 Å². The summed E-state index contributed by atoms with van der Waals surface area (Å²) in [5.41, 5.74) is 0. The van der Waals surface area contributed by atoms with E-state index in [1.807, 2.05) is 0 Å². The van der Waals surface area contributed by atoms with E-state index in [0.29, 0.717) is 6.42 Å². The van der Waals surface area contributed by atoms with Crippen LogP contribution in [0, 0.1) is 26.1 Å². The lowest BCUT2D eigenvalue weighted by molar-refractivity contribution is -0.790. The third kappa shape index (κ3) is 8.25. The average molecular weight is 264 g/mol. The summed E-state index contributed by atoms with van der Waals surface area (Å²) in [7, 11) is 0. The molecule has 0 saturated heterocycles. The summed E-state index contributed by atoms with van der Waals surface area (Å²) in [6.07, 6.45) is -0.275. The number of Topliss-reactive ketones (excluding diaryl/α,β-unsaturated/α-hetero) is 1.